The Hall–Kier alpha value is -3.39. The molecule has 1 unspecified atom stereocenters. The van der Waals surface area contributed by atoms with Gasteiger partial charge in [0.1, 0.15) is 5.71 Å². The van der Waals surface area contributed by atoms with E-state index in [-0.39, 0.29) is 34.8 Å². The van der Waals surface area contributed by atoms with Crippen molar-refractivity contribution < 1.29 is 36.3 Å². The third-order valence-electron chi connectivity index (χ3n) is 6.37. The van der Waals surface area contributed by atoms with Gasteiger partial charge in [0.2, 0.25) is 0 Å². The molecule has 4 heterocycles. The molecule has 1 amide bonds. The van der Waals surface area contributed by atoms with Gasteiger partial charge in [-0.15, -0.1) is 11.3 Å². The number of benzene rings is 1. The first-order valence-electron chi connectivity index (χ1n) is 11.7. The highest BCUT2D eigenvalue weighted by Crippen LogP contribution is 2.37. The molecule has 1 atom stereocenters. The van der Waals surface area contributed by atoms with Crippen LogP contribution in [0.1, 0.15) is 53.1 Å². The van der Waals surface area contributed by atoms with Gasteiger partial charge in [-0.05, 0) is 25.0 Å². The number of ether oxygens (including phenoxy) is 1. The lowest BCUT2D eigenvalue weighted by atomic mass is 9.97. The quantitative estimate of drug-likeness (QED) is 0.278. The van der Waals surface area contributed by atoms with Crippen LogP contribution >= 0.6 is 22.9 Å². The summed E-state index contributed by atoms with van der Waals surface area (Å²) in [6, 6.07) is 1.90. The minimum Gasteiger partial charge on any atom is -0.453 e. The van der Waals surface area contributed by atoms with Gasteiger partial charge in [0.25, 0.3) is 5.91 Å². The predicted octanol–water partition coefficient (Wildman–Crippen LogP) is 5.53. The Morgan fingerprint density at radius 3 is 2.59 bits per heavy atom. The van der Waals surface area contributed by atoms with Crippen LogP contribution in [0.15, 0.2) is 35.1 Å². The first-order valence-corrected chi connectivity index (χ1v) is 13.0. The van der Waals surface area contributed by atoms with Gasteiger partial charge in [-0.3, -0.25) is 4.79 Å². The van der Waals surface area contributed by atoms with E-state index in [0.29, 0.717) is 49.7 Å². The monoisotopic (exact) mass is 587 g/mol. The maximum absolute atomic E-state index is 14.3. The standard InChI is InChI=1S/C24H19ClF5N5O3S/c25-14-1-2-15(26)21(27)20(14)18-7-16(34-38-18)17-11-39-22(33-17)12-3-5-35(6-4-12)19(36)10-37-23-31-8-13(9-32-23)24(28,29)30/h1-2,8-9,11-12,18H,3-7,10H2. The largest absolute Gasteiger partial charge is 0.453 e. The molecule has 39 heavy (non-hydrogen) atoms. The van der Waals surface area contributed by atoms with Gasteiger partial charge in [-0.2, -0.15) is 13.2 Å². The van der Waals surface area contributed by atoms with E-state index < -0.39 is 36.1 Å². The molecule has 1 saturated heterocycles. The van der Waals surface area contributed by atoms with E-state index in [1.165, 1.54) is 17.4 Å². The van der Waals surface area contributed by atoms with E-state index in [4.69, 9.17) is 21.2 Å². The molecule has 0 saturated carbocycles. The number of piperidine rings is 1. The average molecular weight is 588 g/mol. The third-order valence-corrected chi connectivity index (χ3v) is 7.70. The lowest BCUT2D eigenvalue weighted by Gasteiger charge is -2.31. The summed E-state index contributed by atoms with van der Waals surface area (Å²) in [4.78, 5) is 31.1. The van der Waals surface area contributed by atoms with E-state index in [9.17, 15) is 26.7 Å². The van der Waals surface area contributed by atoms with Crippen LogP contribution in [0.2, 0.25) is 5.02 Å². The number of oxime groups is 1. The zero-order valence-electron chi connectivity index (χ0n) is 19.9. The molecule has 2 aliphatic heterocycles. The number of nitrogens with zero attached hydrogens (tertiary/aromatic N) is 5. The molecule has 1 aromatic carbocycles. The van der Waals surface area contributed by atoms with Crippen LogP contribution in [0, 0.1) is 11.6 Å². The summed E-state index contributed by atoms with van der Waals surface area (Å²) >= 11 is 7.49. The topological polar surface area (TPSA) is 89.8 Å². The predicted molar refractivity (Wildman–Crippen MR) is 130 cm³/mol. The Kier molecular flexibility index (Phi) is 7.67. The van der Waals surface area contributed by atoms with Crippen molar-refractivity contribution in [2.75, 3.05) is 19.7 Å². The fraction of sp³-hybridized carbons (Fsp3) is 0.375. The molecule has 0 N–H and O–H groups in total. The number of halogens is 6. The third kappa shape index (κ3) is 5.96. The summed E-state index contributed by atoms with van der Waals surface area (Å²) in [6.45, 7) is 0.493. The Morgan fingerprint density at radius 2 is 1.90 bits per heavy atom. The molecule has 2 aromatic heterocycles. The highest BCUT2D eigenvalue weighted by atomic mass is 35.5. The number of carbonyl (C=O) groups excluding carboxylic acids is 1. The maximum Gasteiger partial charge on any atom is 0.419 e. The van der Waals surface area contributed by atoms with Gasteiger partial charge >= 0.3 is 12.2 Å². The minimum atomic E-state index is -4.56. The number of aromatic nitrogens is 3. The summed E-state index contributed by atoms with van der Waals surface area (Å²) in [5, 5.41) is 6.73. The van der Waals surface area contributed by atoms with Gasteiger partial charge in [0.05, 0.1) is 26.9 Å². The number of alkyl halides is 3. The summed E-state index contributed by atoms with van der Waals surface area (Å²) in [5.74, 6) is -2.32. The number of rotatable bonds is 6. The van der Waals surface area contributed by atoms with Crippen LogP contribution < -0.4 is 4.74 Å². The lowest BCUT2D eigenvalue weighted by molar-refractivity contribution is -0.138. The van der Waals surface area contributed by atoms with Crippen molar-refractivity contribution in [3.05, 3.63) is 68.4 Å². The summed E-state index contributed by atoms with van der Waals surface area (Å²) in [5.41, 5.74) is -0.0195. The number of thiazole rings is 1. The Balaban J connectivity index is 1.12. The van der Waals surface area contributed by atoms with Gasteiger partial charge in [0.15, 0.2) is 24.3 Å². The van der Waals surface area contributed by atoms with E-state index in [1.807, 2.05) is 5.38 Å². The molecular formula is C24H19ClF5N5O3S. The number of carbonyl (C=O) groups is 1. The molecule has 8 nitrogen and oxygen atoms in total. The van der Waals surface area contributed by atoms with Gasteiger partial charge in [-0.25, -0.2) is 23.7 Å². The van der Waals surface area contributed by atoms with Crippen molar-refractivity contribution >= 4 is 34.6 Å². The Morgan fingerprint density at radius 1 is 1.18 bits per heavy atom. The van der Waals surface area contributed by atoms with Crippen molar-refractivity contribution in [1.82, 2.24) is 19.9 Å². The van der Waals surface area contributed by atoms with Crippen LogP contribution in [0.5, 0.6) is 6.01 Å². The summed E-state index contributed by atoms with van der Waals surface area (Å²) in [6.07, 6.45) is -2.76. The van der Waals surface area contributed by atoms with E-state index >= 15 is 0 Å². The fourth-order valence-electron chi connectivity index (χ4n) is 4.26. The van der Waals surface area contributed by atoms with Crippen molar-refractivity contribution in [1.29, 1.82) is 0 Å². The number of hydrogen-bond donors (Lipinski definition) is 0. The summed E-state index contributed by atoms with van der Waals surface area (Å²) < 4.78 is 70.9. The van der Waals surface area contributed by atoms with E-state index in [2.05, 4.69) is 20.1 Å². The average Bonchev–Trinajstić information content (AvgIpc) is 3.60. The van der Waals surface area contributed by atoms with Crippen LogP contribution in [-0.4, -0.2) is 51.2 Å². The van der Waals surface area contributed by atoms with Crippen LogP contribution in [0.4, 0.5) is 22.0 Å². The second-order valence-electron chi connectivity index (χ2n) is 8.86. The normalized spacial score (nSPS) is 18.2. The zero-order chi connectivity index (χ0) is 27.7. The molecule has 0 aliphatic carbocycles. The summed E-state index contributed by atoms with van der Waals surface area (Å²) in [7, 11) is 0. The molecule has 3 aromatic rings. The molecule has 1 fully saturated rings. The molecule has 2 aliphatic rings. The SMILES string of the molecule is O=C(COc1ncc(C(F)(F)F)cn1)N1CCC(c2nc(C3=NOC(c4c(Cl)ccc(F)c4F)C3)cs2)CC1. The molecule has 5 rings (SSSR count). The van der Waals surface area contributed by atoms with E-state index in [0.717, 1.165) is 11.1 Å². The van der Waals surface area contributed by atoms with Crippen LogP contribution in [-0.2, 0) is 15.8 Å². The van der Waals surface area contributed by atoms with Crippen molar-refractivity contribution in [3.8, 4) is 6.01 Å². The Bertz CT molecular complexity index is 1390. The smallest absolute Gasteiger partial charge is 0.419 e. The Labute approximate surface area is 227 Å². The fourth-order valence-corrected chi connectivity index (χ4v) is 5.53. The molecule has 0 bridgehead atoms. The molecule has 0 radical (unpaired) electrons. The number of likely N-dealkylation sites (tertiary alicyclic amines) is 1. The van der Waals surface area contributed by atoms with Gasteiger partial charge in [0, 0.05) is 43.2 Å². The molecular weight excluding hydrogens is 569 g/mol. The highest BCUT2D eigenvalue weighted by Gasteiger charge is 2.33. The van der Waals surface area contributed by atoms with Gasteiger partial charge in [-0.1, -0.05) is 16.8 Å². The van der Waals surface area contributed by atoms with Crippen molar-refractivity contribution in [2.24, 2.45) is 5.16 Å². The van der Waals surface area contributed by atoms with Crippen molar-refractivity contribution in [2.45, 2.75) is 37.5 Å². The minimum absolute atomic E-state index is 0.0490. The van der Waals surface area contributed by atoms with Crippen molar-refractivity contribution in [3.63, 3.8) is 0 Å². The number of amides is 1. The number of hydrogen-bond acceptors (Lipinski definition) is 8. The molecule has 15 heteroatoms. The first kappa shape index (κ1) is 27.2. The van der Waals surface area contributed by atoms with E-state index in [1.54, 1.807) is 4.90 Å². The molecule has 206 valence electrons. The maximum atomic E-state index is 14.3. The van der Waals surface area contributed by atoms with Gasteiger partial charge < -0.3 is 14.5 Å². The second-order valence-corrected chi connectivity index (χ2v) is 10.2. The van der Waals surface area contributed by atoms with Crippen LogP contribution in [0.25, 0.3) is 0 Å². The second kappa shape index (κ2) is 11.0. The zero-order valence-corrected chi connectivity index (χ0v) is 21.5. The van der Waals surface area contributed by atoms with Crippen LogP contribution in [0.3, 0.4) is 0 Å². The first-order chi connectivity index (χ1) is 18.6. The lowest BCUT2D eigenvalue weighted by Crippen LogP contribution is -2.40. The molecule has 0 spiro atoms. The highest BCUT2D eigenvalue weighted by molar-refractivity contribution is 7.10.